The number of rotatable bonds is 1. The normalized spacial score (nSPS) is 24.6. The molecule has 4 nitrogen and oxygen atoms in total. The van der Waals surface area contributed by atoms with E-state index in [0.29, 0.717) is 25.0 Å². The molecule has 15 heavy (non-hydrogen) atoms. The molecule has 0 unspecified atom stereocenters. The van der Waals surface area contributed by atoms with Crippen LogP contribution in [0.5, 0.6) is 0 Å². The summed E-state index contributed by atoms with van der Waals surface area (Å²) in [4.78, 5) is 14.4. The van der Waals surface area contributed by atoms with Crippen molar-refractivity contribution in [2.75, 3.05) is 26.2 Å². The fraction of sp³-hybridized carbons (Fsp3) is 0.727. The van der Waals surface area contributed by atoms with E-state index in [0.717, 1.165) is 25.9 Å². The molecule has 2 heterocycles. The maximum atomic E-state index is 10.6. The summed E-state index contributed by atoms with van der Waals surface area (Å²) in [6.45, 7) is 3.37. The maximum absolute atomic E-state index is 10.6. The zero-order chi connectivity index (χ0) is 10.8. The second-order valence-corrected chi connectivity index (χ2v) is 4.32. The van der Waals surface area contributed by atoms with Gasteiger partial charge in [-0.15, -0.1) is 12.3 Å². The summed E-state index contributed by atoms with van der Waals surface area (Å²) in [5.41, 5.74) is 0. The fourth-order valence-corrected chi connectivity index (χ4v) is 2.27. The lowest BCUT2D eigenvalue weighted by Crippen LogP contribution is -2.61. The van der Waals surface area contributed by atoms with E-state index in [9.17, 15) is 4.79 Å². The van der Waals surface area contributed by atoms with E-state index in [4.69, 9.17) is 11.5 Å². The molecule has 0 bridgehead atoms. The first-order valence-corrected chi connectivity index (χ1v) is 5.38. The van der Waals surface area contributed by atoms with E-state index in [-0.39, 0.29) is 0 Å². The highest BCUT2D eigenvalue weighted by Crippen LogP contribution is 2.22. The number of amides is 1. The van der Waals surface area contributed by atoms with E-state index < -0.39 is 6.09 Å². The average molecular weight is 208 g/mol. The van der Waals surface area contributed by atoms with Gasteiger partial charge < -0.3 is 10.0 Å². The minimum absolute atomic E-state index is 0.428. The van der Waals surface area contributed by atoms with Gasteiger partial charge in [0.15, 0.2) is 0 Å². The Morgan fingerprint density at radius 1 is 1.33 bits per heavy atom. The van der Waals surface area contributed by atoms with Crippen LogP contribution in [0.3, 0.4) is 0 Å². The Morgan fingerprint density at radius 3 is 2.40 bits per heavy atom. The molecule has 2 aliphatic heterocycles. The molecule has 4 heteroatoms. The van der Waals surface area contributed by atoms with Gasteiger partial charge in [-0.2, -0.15) is 0 Å². The molecule has 0 aromatic rings. The van der Waals surface area contributed by atoms with E-state index in [1.165, 1.54) is 4.90 Å². The van der Waals surface area contributed by atoms with Gasteiger partial charge in [-0.25, -0.2) is 4.79 Å². The molecule has 1 N–H and O–H groups in total. The third kappa shape index (κ3) is 2.07. The van der Waals surface area contributed by atoms with E-state index >= 15 is 0 Å². The van der Waals surface area contributed by atoms with Crippen molar-refractivity contribution in [1.82, 2.24) is 9.80 Å². The smallest absolute Gasteiger partial charge is 0.407 e. The van der Waals surface area contributed by atoms with E-state index in [1.807, 2.05) is 0 Å². The zero-order valence-corrected chi connectivity index (χ0v) is 8.72. The van der Waals surface area contributed by atoms with Crippen LogP contribution in [0.2, 0.25) is 0 Å². The topological polar surface area (TPSA) is 43.8 Å². The second-order valence-electron chi connectivity index (χ2n) is 4.32. The van der Waals surface area contributed by atoms with Crippen LogP contribution in [0, 0.1) is 18.3 Å². The molecule has 0 aromatic heterocycles. The summed E-state index contributed by atoms with van der Waals surface area (Å²) < 4.78 is 0. The molecule has 0 aromatic carbocycles. The first-order valence-electron chi connectivity index (χ1n) is 5.38. The summed E-state index contributed by atoms with van der Waals surface area (Å²) in [5.74, 6) is 3.22. The molecule has 0 saturated carbocycles. The van der Waals surface area contributed by atoms with Crippen LogP contribution in [0.25, 0.3) is 0 Å². The van der Waals surface area contributed by atoms with Crippen LogP contribution in [0.1, 0.15) is 12.8 Å². The molecule has 2 rings (SSSR count). The van der Waals surface area contributed by atoms with Crippen molar-refractivity contribution in [2.45, 2.75) is 18.9 Å². The number of carbonyl (C=O) groups is 1. The highest BCUT2D eigenvalue weighted by Gasteiger charge is 2.35. The van der Waals surface area contributed by atoms with Crippen molar-refractivity contribution in [2.24, 2.45) is 5.92 Å². The minimum Gasteiger partial charge on any atom is -0.465 e. The summed E-state index contributed by atoms with van der Waals surface area (Å²) >= 11 is 0. The number of terminal acetylenes is 1. The first-order chi connectivity index (χ1) is 7.20. The number of nitrogens with zero attached hydrogens (tertiary/aromatic N) is 2. The minimum atomic E-state index is -0.801. The van der Waals surface area contributed by atoms with Crippen LogP contribution in [0.4, 0.5) is 4.79 Å². The van der Waals surface area contributed by atoms with Crippen LogP contribution in [-0.4, -0.2) is 53.2 Å². The molecule has 2 aliphatic rings. The SMILES string of the molecule is C#CC1CCN(C2CN(C(=O)O)C2)CC1. The van der Waals surface area contributed by atoms with Gasteiger partial charge in [-0.05, 0) is 25.9 Å². The largest absolute Gasteiger partial charge is 0.465 e. The van der Waals surface area contributed by atoms with E-state index in [2.05, 4.69) is 10.8 Å². The quantitative estimate of drug-likeness (QED) is 0.645. The molecule has 0 spiro atoms. The number of hydrogen-bond donors (Lipinski definition) is 1. The van der Waals surface area contributed by atoms with Gasteiger partial charge in [0.1, 0.15) is 0 Å². The maximum Gasteiger partial charge on any atom is 0.407 e. The zero-order valence-electron chi connectivity index (χ0n) is 8.72. The third-order valence-electron chi connectivity index (χ3n) is 3.41. The van der Waals surface area contributed by atoms with Gasteiger partial charge in [0.05, 0.1) is 0 Å². The van der Waals surface area contributed by atoms with Gasteiger partial charge >= 0.3 is 6.09 Å². The van der Waals surface area contributed by atoms with Crippen molar-refractivity contribution in [3.05, 3.63) is 0 Å². The fourth-order valence-electron chi connectivity index (χ4n) is 2.27. The molecule has 0 aliphatic carbocycles. The van der Waals surface area contributed by atoms with Gasteiger partial charge in [-0.1, -0.05) is 0 Å². The van der Waals surface area contributed by atoms with Crippen molar-refractivity contribution in [3.8, 4) is 12.3 Å². The summed E-state index contributed by atoms with van der Waals surface area (Å²) in [7, 11) is 0. The highest BCUT2D eigenvalue weighted by atomic mass is 16.4. The monoisotopic (exact) mass is 208 g/mol. The third-order valence-corrected chi connectivity index (χ3v) is 3.41. The Hall–Kier alpha value is -1.21. The highest BCUT2D eigenvalue weighted by molar-refractivity contribution is 5.66. The lowest BCUT2D eigenvalue weighted by molar-refractivity contribution is 0.0237. The summed E-state index contributed by atoms with van der Waals surface area (Å²) in [6.07, 6.45) is 6.69. The number of likely N-dealkylation sites (tertiary alicyclic amines) is 2. The van der Waals surface area contributed by atoms with Crippen LogP contribution in [-0.2, 0) is 0 Å². The molecule has 82 valence electrons. The molecule has 1 amide bonds. The Morgan fingerprint density at radius 2 is 1.93 bits per heavy atom. The van der Waals surface area contributed by atoms with E-state index in [1.54, 1.807) is 0 Å². The van der Waals surface area contributed by atoms with Crippen LogP contribution >= 0.6 is 0 Å². The molecule has 0 atom stereocenters. The van der Waals surface area contributed by atoms with Crippen molar-refractivity contribution >= 4 is 6.09 Å². The summed E-state index contributed by atoms with van der Waals surface area (Å²) in [6, 6.07) is 0.430. The Bertz CT molecular complexity index is 283. The first kappa shape index (κ1) is 10.3. The predicted octanol–water partition coefficient (Wildman–Crippen LogP) is 0.694. The molecule has 2 fully saturated rings. The Kier molecular flexibility index (Phi) is 2.83. The Balaban J connectivity index is 1.75. The van der Waals surface area contributed by atoms with Crippen molar-refractivity contribution in [1.29, 1.82) is 0 Å². The van der Waals surface area contributed by atoms with Crippen LogP contribution < -0.4 is 0 Å². The summed E-state index contributed by atoms with van der Waals surface area (Å²) in [5, 5.41) is 8.71. The number of hydrogen-bond acceptors (Lipinski definition) is 2. The number of carboxylic acid groups (broad SMARTS) is 1. The number of piperidine rings is 1. The molecule has 0 radical (unpaired) electrons. The Labute approximate surface area is 89.9 Å². The lowest BCUT2D eigenvalue weighted by Gasteiger charge is -2.46. The van der Waals surface area contributed by atoms with Gasteiger partial charge in [0, 0.05) is 25.0 Å². The van der Waals surface area contributed by atoms with Gasteiger partial charge in [0.2, 0.25) is 0 Å². The predicted molar refractivity (Wildman–Crippen MR) is 56.5 cm³/mol. The van der Waals surface area contributed by atoms with Crippen molar-refractivity contribution < 1.29 is 9.90 Å². The molecular weight excluding hydrogens is 192 g/mol. The molecular formula is C11H16N2O2. The molecule has 2 saturated heterocycles. The van der Waals surface area contributed by atoms with Crippen LogP contribution in [0.15, 0.2) is 0 Å². The van der Waals surface area contributed by atoms with Gasteiger partial charge in [-0.3, -0.25) is 4.90 Å². The standard InChI is InChI=1S/C11H16N2O2/c1-2-9-3-5-12(6-4-9)10-7-13(8-10)11(14)15/h1,9-10H,3-8H2,(H,14,15). The second kappa shape index (κ2) is 4.11. The average Bonchev–Trinajstić information content (AvgIpc) is 2.16. The lowest BCUT2D eigenvalue weighted by atomic mass is 9.95. The van der Waals surface area contributed by atoms with Gasteiger partial charge in [0.25, 0.3) is 0 Å². The van der Waals surface area contributed by atoms with Crippen molar-refractivity contribution in [3.63, 3.8) is 0 Å².